The van der Waals surface area contributed by atoms with Crippen molar-refractivity contribution in [2.45, 2.75) is 6.04 Å². The molecule has 0 fully saturated rings. The van der Waals surface area contributed by atoms with Crippen molar-refractivity contribution in [1.82, 2.24) is 0 Å². The molecule has 2 N–H and O–H groups in total. The first-order valence-corrected chi connectivity index (χ1v) is 5.30. The summed E-state index contributed by atoms with van der Waals surface area (Å²) in [6, 6.07) is 5.71. The van der Waals surface area contributed by atoms with Crippen molar-refractivity contribution < 1.29 is 4.74 Å². The van der Waals surface area contributed by atoms with Crippen molar-refractivity contribution in [3.63, 3.8) is 0 Å². The first-order chi connectivity index (χ1) is 6.15. The van der Waals surface area contributed by atoms with Gasteiger partial charge in [0, 0.05) is 10.7 Å². The van der Waals surface area contributed by atoms with Crippen LogP contribution in [0.2, 0.25) is 5.02 Å². The maximum atomic E-state index is 5.95. The summed E-state index contributed by atoms with van der Waals surface area (Å²) in [6.45, 7) is 0.511. The molecule has 13 heavy (non-hydrogen) atoms. The van der Waals surface area contributed by atoms with E-state index in [2.05, 4.69) is 22.6 Å². The third-order valence-electron chi connectivity index (χ3n) is 1.72. The fourth-order valence-corrected chi connectivity index (χ4v) is 1.54. The zero-order valence-corrected chi connectivity index (χ0v) is 10.2. The molecule has 1 atom stereocenters. The first-order valence-electron chi connectivity index (χ1n) is 3.84. The van der Waals surface area contributed by atoms with E-state index in [1.807, 2.05) is 18.2 Å². The molecule has 0 aromatic heterocycles. The number of ether oxygens (including phenoxy) is 1. The van der Waals surface area contributed by atoms with Crippen LogP contribution < -0.4 is 5.73 Å². The Morgan fingerprint density at radius 3 is 2.85 bits per heavy atom. The third kappa shape index (κ3) is 3.09. The van der Waals surface area contributed by atoms with E-state index in [-0.39, 0.29) is 6.04 Å². The van der Waals surface area contributed by atoms with Crippen LogP contribution in [0.1, 0.15) is 11.6 Å². The van der Waals surface area contributed by atoms with Crippen LogP contribution in [0.3, 0.4) is 0 Å². The molecule has 0 aliphatic carbocycles. The van der Waals surface area contributed by atoms with E-state index < -0.39 is 0 Å². The molecule has 0 heterocycles. The van der Waals surface area contributed by atoms with Crippen molar-refractivity contribution in [3.8, 4) is 0 Å². The highest BCUT2D eigenvalue weighted by Gasteiger charge is 2.06. The first kappa shape index (κ1) is 11.2. The summed E-state index contributed by atoms with van der Waals surface area (Å²) in [5.74, 6) is 0. The van der Waals surface area contributed by atoms with Crippen LogP contribution in [-0.4, -0.2) is 13.7 Å². The Kier molecular flexibility index (Phi) is 4.45. The average Bonchev–Trinajstić information content (AvgIpc) is 2.10. The average molecular weight is 312 g/mol. The highest BCUT2D eigenvalue weighted by atomic mass is 127. The standard InChI is InChI=1S/C9H11ClINO/c1-13-5-9(12)6-2-3-8(11)7(10)4-6/h2-4,9H,5,12H2,1H3/t9-/m0/s1. The van der Waals surface area contributed by atoms with Gasteiger partial charge in [-0.2, -0.15) is 0 Å². The van der Waals surface area contributed by atoms with E-state index in [0.29, 0.717) is 6.61 Å². The molecular weight excluding hydrogens is 300 g/mol. The molecular formula is C9H11ClINO. The largest absolute Gasteiger partial charge is 0.383 e. The molecule has 1 aromatic carbocycles. The Labute approximate surface area is 96.5 Å². The highest BCUT2D eigenvalue weighted by Crippen LogP contribution is 2.22. The van der Waals surface area contributed by atoms with Crippen LogP contribution in [0.4, 0.5) is 0 Å². The smallest absolute Gasteiger partial charge is 0.0655 e. The fourth-order valence-electron chi connectivity index (χ4n) is 1.02. The van der Waals surface area contributed by atoms with Gasteiger partial charge in [0.05, 0.1) is 17.7 Å². The molecule has 0 aliphatic heterocycles. The zero-order valence-electron chi connectivity index (χ0n) is 7.26. The number of hydrogen-bond acceptors (Lipinski definition) is 2. The van der Waals surface area contributed by atoms with Crippen LogP contribution in [0.15, 0.2) is 18.2 Å². The van der Waals surface area contributed by atoms with Gasteiger partial charge in [-0.3, -0.25) is 0 Å². The summed E-state index contributed by atoms with van der Waals surface area (Å²) in [5.41, 5.74) is 6.85. The lowest BCUT2D eigenvalue weighted by molar-refractivity contribution is 0.181. The Morgan fingerprint density at radius 1 is 1.62 bits per heavy atom. The SMILES string of the molecule is COC[C@H](N)c1ccc(I)c(Cl)c1. The van der Waals surface area contributed by atoms with Gasteiger partial charge in [0.1, 0.15) is 0 Å². The number of benzene rings is 1. The molecule has 72 valence electrons. The van der Waals surface area contributed by atoms with Crippen LogP contribution in [-0.2, 0) is 4.74 Å². The number of rotatable bonds is 3. The fraction of sp³-hybridized carbons (Fsp3) is 0.333. The van der Waals surface area contributed by atoms with Crippen molar-refractivity contribution in [3.05, 3.63) is 32.4 Å². The lowest BCUT2D eigenvalue weighted by Crippen LogP contribution is -2.15. The van der Waals surface area contributed by atoms with Gasteiger partial charge in [-0.1, -0.05) is 17.7 Å². The number of hydrogen-bond donors (Lipinski definition) is 1. The van der Waals surface area contributed by atoms with E-state index in [0.717, 1.165) is 14.2 Å². The minimum Gasteiger partial charge on any atom is -0.383 e. The van der Waals surface area contributed by atoms with Crippen LogP contribution in [0, 0.1) is 3.57 Å². The molecule has 0 radical (unpaired) electrons. The quantitative estimate of drug-likeness (QED) is 0.871. The number of nitrogens with two attached hydrogens (primary N) is 1. The molecule has 0 aliphatic rings. The maximum Gasteiger partial charge on any atom is 0.0655 e. The molecule has 4 heteroatoms. The van der Waals surface area contributed by atoms with Crippen molar-refractivity contribution in [2.24, 2.45) is 5.73 Å². The second-order valence-electron chi connectivity index (χ2n) is 2.74. The maximum absolute atomic E-state index is 5.95. The molecule has 0 bridgehead atoms. The second-order valence-corrected chi connectivity index (χ2v) is 4.30. The molecule has 2 nitrogen and oxygen atoms in total. The summed E-state index contributed by atoms with van der Waals surface area (Å²) >= 11 is 8.14. The molecule has 1 aromatic rings. The van der Waals surface area contributed by atoms with E-state index in [1.165, 1.54) is 0 Å². The normalized spacial score (nSPS) is 12.9. The Balaban J connectivity index is 2.84. The third-order valence-corrected chi connectivity index (χ3v) is 3.29. The molecule has 1 rings (SSSR count). The van der Waals surface area contributed by atoms with Crippen molar-refractivity contribution in [2.75, 3.05) is 13.7 Å². The predicted molar refractivity (Wildman–Crippen MR) is 63.0 cm³/mol. The molecule has 0 unspecified atom stereocenters. The van der Waals surface area contributed by atoms with Crippen LogP contribution in [0.25, 0.3) is 0 Å². The molecule has 0 amide bonds. The summed E-state index contributed by atoms with van der Waals surface area (Å²) < 4.78 is 5.99. The molecule has 0 spiro atoms. The van der Waals surface area contributed by atoms with Crippen LogP contribution in [0.5, 0.6) is 0 Å². The zero-order chi connectivity index (χ0) is 9.84. The van der Waals surface area contributed by atoms with E-state index in [9.17, 15) is 0 Å². The van der Waals surface area contributed by atoms with Gasteiger partial charge in [-0.15, -0.1) is 0 Å². The minimum absolute atomic E-state index is 0.0977. The molecule has 0 saturated carbocycles. The Bertz CT molecular complexity index is 293. The Hall–Kier alpha value is 0.160. The van der Waals surface area contributed by atoms with Gasteiger partial charge < -0.3 is 10.5 Å². The van der Waals surface area contributed by atoms with Gasteiger partial charge >= 0.3 is 0 Å². The minimum atomic E-state index is -0.0977. The Morgan fingerprint density at radius 2 is 2.31 bits per heavy atom. The topological polar surface area (TPSA) is 35.2 Å². The van der Waals surface area contributed by atoms with Gasteiger partial charge in [-0.25, -0.2) is 0 Å². The van der Waals surface area contributed by atoms with Gasteiger partial charge in [-0.05, 0) is 40.3 Å². The van der Waals surface area contributed by atoms with E-state index in [4.69, 9.17) is 22.1 Å². The highest BCUT2D eigenvalue weighted by molar-refractivity contribution is 14.1. The summed E-state index contributed by atoms with van der Waals surface area (Å²) in [6.07, 6.45) is 0. The molecule has 0 saturated heterocycles. The van der Waals surface area contributed by atoms with E-state index in [1.54, 1.807) is 7.11 Å². The van der Waals surface area contributed by atoms with Gasteiger partial charge in [0.15, 0.2) is 0 Å². The summed E-state index contributed by atoms with van der Waals surface area (Å²) in [5, 5.41) is 0.740. The monoisotopic (exact) mass is 311 g/mol. The van der Waals surface area contributed by atoms with Gasteiger partial charge in [0.25, 0.3) is 0 Å². The second kappa shape index (κ2) is 5.14. The van der Waals surface area contributed by atoms with E-state index >= 15 is 0 Å². The summed E-state index contributed by atoms with van der Waals surface area (Å²) in [4.78, 5) is 0. The van der Waals surface area contributed by atoms with Crippen molar-refractivity contribution >= 4 is 34.2 Å². The van der Waals surface area contributed by atoms with Gasteiger partial charge in [0.2, 0.25) is 0 Å². The lowest BCUT2D eigenvalue weighted by Gasteiger charge is -2.11. The van der Waals surface area contributed by atoms with Crippen molar-refractivity contribution in [1.29, 1.82) is 0 Å². The van der Waals surface area contributed by atoms with Crippen LogP contribution >= 0.6 is 34.2 Å². The summed E-state index contributed by atoms with van der Waals surface area (Å²) in [7, 11) is 1.63. The number of methoxy groups -OCH3 is 1. The number of halogens is 2. The lowest BCUT2D eigenvalue weighted by atomic mass is 10.1. The predicted octanol–water partition coefficient (Wildman–Crippen LogP) is 2.59.